The fourth-order valence-corrected chi connectivity index (χ4v) is 2.99. The Morgan fingerprint density at radius 2 is 1.58 bits per heavy atom. The van der Waals surface area contributed by atoms with Gasteiger partial charge in [0.1, 0.15) is 29.6 Å². The molecule has 1 heterocycles. The Balaban J connectivity index is 0.00000104. The molecule has 0 amide bonds. The van der Waals surface area contributed by atoms with E-state index in [0.717, 1.165) is 33.2 Å². The second kappa shape index (κ2) is 8.13. The molecular weight excluding hydrogens is 734 g/mol. The fourth-order valence-electron chi connectivity index (χ4n) is 2.99. The summed E-state index contributed by atoms with van der Waals surface area (Å²) in [5.74, 6) is 1.86. The van der Waals surface area contributed by atoms with Crippen molar-refractivity contribution in [3.63, 3.8) is 0 Å². The summed E-state index contributed by atoms with van der Waals surface area (Å²) in [4.78, 5) is 0. The van der Waals surface area contributed by atoms with Crippen LogP contribution >= 0.6 is 0 Å². The molecule has 0 saturated heterocycles. The van der Waals surface area contributed by atoms with Gasteiger partial charge in [-0.05, 0) is 42.0 Å². The van der Waals surface area contributed by atoms with Gasteiger partial charge >= 0.3 is 0 Å². The number of rotatable bonds is 1. The minimum Gasteiger partial charge on any atom is -0.508 e. The Hall–Kier alpha value is 0.00312. The number of ether oxygens (including phenoxy) is 2. The average Bonchev–Trinajstić information content (AvgIpc) is 2.53. The van der Waals surface area contributed by atoms with Gasteiger partial charge in [0.05, 0.1) is 7.11 Å². The van der Waals surface area contributed by atoms with E-state index < -0.39 is 0 Å². The monoisotopic (exact) mass is 748 g/mol. The molecule has 0 unspecified atom stereocenters. The van der Waals surface area contributed by atoms with Crippen molar-refractivity contribution in [1.29, 1.82) is 0 Å². The molecule has 4 rings (SSSR count). The van der Waals surface area contributed by atoms with Crippen molar-refractivity contribution in [1.82, 2.24) is 0 Å². The summed E-state index contributed by atoms with van der Waals surface area (Å²) in [5.41, 5.74) is 2.89. The van der Waals surface area contributed by atoms with E-state index in [9.17, 15) is 10.2 Å². The van der Waals surface area contributed by atoms with E-state index in [4.69, 9.17) is 9.47 Å². The largest absolute Gasteiger partial charge is 0.508 e. The molecule has 1 aliphatic rings. The molecule has 0 aromatic heterocycles. The molecule has 2 N–H and O–H groups in total. The van der Waals surface area contributed by atoms with Gasteiger partial charge in [0.2, 0.25) is 0 Å². The van der Waals surface area contributed by atoms with E-state index in [1.54, 1.807) is 31.4 Å². The second-order valence-electron chi connectivity index (χ2n) is 5.32. The van der Waals surface area contributed by atoms with Gasteiger partial charge in [-0.3, -0.25) is 0 Å². The molecule has 0 atom stereocenters. The van der Waals surface area contributed by atoms with Crippen LogP contribution in [-0.2, 0) is 6.61 Å². The van der Waals surface area contributed by atoms with E-state index in [-0.39, 0.29) is 99.6 Å². The van der Waals surface area contributed by atoms with Crippen LogP contribution in [0.1, 0.15) is 5.56 Å². The third-order valence-corrected chi connectivity index (χ3v) is 4.00. The third kappa shape index (κ3) is 3.46. The van der Waals surface area contributed by atoms with Crippen molar-refractivity contribution in [3.8, 4) is 34.1 Å². The van der Waals surface area contributed by atoms with Gasteiger partial charge < -0.3 is 19.7 Å². The standard InChI is InChI=1S/C18H14O4.2Ac/c1-21-17-8-16-13-4-2-11(19)6-10(13)9-22-18(16)14-5-3-12(20)7-15(14)17;;/h2-8,19-20H,9H2,1H3;;. The van der Waals surface area contributed by atoms with Gasteiger partial charge in [0, 0.05) is 110 Å². The maximum atomic E-state index is 9.72. The van der Waals surface area contributed by atoms with E-state index in [1.165, 1.54) is 0 Å². The summed E-state index contributed by atoms with van der Waals surface area (Å²) in [6, 6.07) is 12.3. The molecule has 4 nitrogen and oxygen atoms in total. The molecule has 1 aliphatic heterocycles. The van der Waals surface area contributed by atoms with Crippen LogP contribution in [0.4, 0.5) is 0 Å². The Morgan fingerprint density at radius 3 is 2.33 bits per heavy atom. The Bertz CT molecular complexity index is 909. The fraction of sp³-hybridized carbons (Fsp3) is 0.111. The minimum absolute atomic E-state index is 0. The topological polar surface area (TPSA) is 58.9 Å². The number of aromatic hydroxyl groups is 2. The van der Waals surface area contributed by atoms with Crippen LogP contribution < -0.4 is 9.47 Å². The molecule has 0 aliphatic carbocycles. The maximum absolute atomic E-state index is 9.72. The van der Waals surface area contributed by atoms with Crippen molar-refractivity contribution < 1.29 is 108 Å². The van der Waals surface area contributed by atoms with Gasteiger partial charge in [0.25, 0.3) is 0 Å². The first-order valence-electron chi connectivity index (χ1n) is 6.96. The Kier molecular flexibility index (Phi) is 6.89. The molecule has 116 valence electrons. The molecule has 6 heteroatoms. The van der Waals surface area contributed by atoms with Crippen molar-refractivity contribution in [3.05, 3.63) is 48.0 Å². The molecule has 24 heavy (non-hydrogen) atoms. The minimum atomic E-state index is 0. The Morgan fingerprint density at radius 1 is 0.875 bits per heavy atom. The zero-order valence-corrected chi connectivity index (χ0v) is 22.6. The average molecular weight is 748 g/mol. The molecule has 0 fully saturated rings. The SMILES string of the molecule is COc1cc2c(c3ccc(O)cc13)OCc1cc(O)ccc1-2.[Ac].[Ac]. The van der Waals surface area contributed by atoms with E-state index >= 15 is 0 Å². The quantitative estimate of drug-likeness (QED) is 0.398. The first kappa shape index (κ1) is 20.3. The van der Waals surface area contributed by atoms with E-state index in [1.807, 2.05) is 18.2 Å². The van der Waals surface area contributed by atoms with Crippen LogP contribution in [0.3, 0.4) is 0 Å². The van der Waals surface area contributed by atoms with Crippen LogP contribution in [0.25, 0.3) is 21.9 Å². The van der Waals surface area contributed by atoms with Gasteiger partial charge in [-0.1, -0.05) is 6.07 Å². The predicted molar refractivity (Wildman–Crippen MR) is 83.6 cm³/mol. The van der Waals surface area contributed by atoms with Crippen LogP contribution in [0.2, 0.25) is 0 Å². The van der Waals surface area contributed by atoms with Crippen molar-refractivity contribution in [2.75, 3.05) is 7.11 Å². The number of phenolic OH excluding ortho intramolecular Hbond substituents is 2. The maximum Gasteiger partial charge on any atom is 0.135 e. The normalized spacial score (nSPS) is 11.4. The van der Waals surface area contributed by atoms with Crippen LogP contribution in [0, 0.1) is 88.1 Å². The van der Waals surface area contributed by atoms with Crippen LogP contribution in [0.5, 0.6) is 23.0 Å². The van der Waals surface area contributed by atoms with E-state index in [2.05, 4.69) is 0 Å². The number of methoxy groups -OCH3 is 1. The third-order valence-electron chi connectivity index (χ3n) is 4.00. The molecule has 0 bridgehead atoms. The first-order chi connectivity index (χ1) is 10.7. The summed E-state index contributed by atoms with van der Waals surface area (Å²) in [6.07, 6.45) is 0. The number of hydrogen-bond donors (Lipinski definition) is 2. The molecule has 0 spiro atoms. The molecule has 3 aromatic carbocycles. The number of benzene rings is 3. The zero-order chi connectivity index (χ0) is 15.3. The summed E-state index contributed by atoms with van der Waals surface area (Å²) >= 11 is 0. The zero-order valence-electron chi connectivity index (χ0n) is 13.1. The van der Waals surface area contributed by atoms with Gasteiger partial charge in [0.15, 0.2) is 0 Å². The number of phenols is 2. The molecule has 2 radical (unpaired) electrons. The smallest absolute Gasteiger partial charge is 0.135 e. The Labute approximate surface area is 211 Å². The number of hydrogen-bond acceptors (Lipinski definition) is 4. The van der Waals surface area contributed by atoms with E-state index in [0.29, 0.717) is 12.4 Å². The molecular formula is C18H14Ac2O4. The van der Waals surface area contributed by atoms with Gasteiger partial charge in [-0.2, -0.15) is 0 Å². The van der Waals surface area contributed by atoms with Crippen molar-refractivity contribution in [2.45, 2.75) is 6.61 Å². The summed E-state index contributed by atoms with van der Waals surface area (Å²) in [7, 11) is 1.60. The predicted octanol–water partition coefficient (Wildman–Crippen LogP) is 3.82. The van der Waals surface area contributed by atoms with Crippen molar-refractivity contribution in [2.24, 2.45) is 0 Å². The molecule has 0 saturated carbocycles. The molecule has 3 aromatic rings. The summed E-state index contributed by atoms with van der Waals surface area (Å²) in [6.45, 7) is 0.402. The first-order valence-corrected chi connectivity index (χ1v) is 6.96. The summed E-state index contributed by atoms with van der Waals surface area (Å²) in [5, 5.41) is 21.1. The van der Waals surface area contributed by atoms with Gasteiger partial charge in [-0.25, -0.2) is 0 Å². The van der Waals surface area contributed by atoms with Crippen LogP contribution in [-0.4, -0.2) is 17.3 Å². The second-order valence-corrected chi connectivity index (χ2v) is 5.32. The summed E-state index contributed by atoms with van der Waals surface area (Å²) < 4.78 is 11.4. The number of fused-ring (bicyclic) bond motifs is 5. The van der Waals surface area contributed by atoms with Crippen molar-refractivity contribution >= 4 is 10.8 Å². The van der Waals surface area contributed by atoms with Crippen LogP contribution in [0.15, 0.2) is 42.5 Å². The van der Waals surface area contributed by atoms with Gasteiger partial charge in [-0.15, -0.1) is 0 Å².